The molecule has 0 spiro atoms. The number of hydrogen-bond donors (Lipinski definition) is 0. The lowest BCUT2D eigenvalue weighted by Crippen LogP contribution is -2.28. The van der Waals surface area contributed by atoms with Crippen LogP contribution in [0, 0.1) is 0 Å². The van der Waals surface area contributed by atoms with Crippen LogP contribution in [0.3, 0.4) is 0 Å². The smallest absolute Gasteiger partial charge is 0.0713 e. The summed E-state index contributed by atoms with van der Waals surface area (Å²) in [6, 6.07) is 137. The van der Waals surface area contributed by atoms with Gasteiger partial charge in [-0.3, -0.25) is 0 Å². The molecule has 0 saturated heterocycles. The number of benzene rings is 14. The van der Waals surface area contributed by atoms with Gasteiger partial charge in [-0.1, -0.05) is 273 Å². The van der Waals surface area contributed by atoms with Crippen LogP contribution in [0.4, 0.5) is 51.2 Å². The van der Waals surface area contributed by atoms with Crippen LogP contribution in [-0.4, -0.2) is 0 Å². The van der Waals surface area contributed by atoms with Crippen molar-refractivity contribution in [2.45, 2.75) is 11.8 Å². The minimum atomic E-state index is -0.603. The van der Waals surface area contributed by atoms with Crippen LogP contribution in [0.2, 0.25) is 0 Å². The summed E-state index contributed by atoms with van der Waals surface area (Å²) < 4.78 is 0. The van der Waals surface area contributed by atoms with E-state index in [1.54, 1.807) is 0 Å². The maximum absolute atomic E-state index is 2.37. The largest absolute Gasteiger partial charge is 0.311 e. The lowest BCUT2D eigenvalue weighted by atomic mass is 9.67. The van der Waals surface area contributed by atoms with E-state index in [4.69, 9.17) is 0 Å². The molecule has 3 nitrogen and oxygen atoms in total. The summed E-state index contributed by atoms with van der Waals surface area (Å²) in [6.07, 6.45) is 3.19. The number of nitrogens with zero attached hydrogens (tertiary/aromatic N) is 3. The molecular weight excluding hydrogens is 1100 g/mol. The Morgan fingerprint density at radius 2 is 0.505 bits per heavy atom. The van der Waals surface area contributed by atoms with Crippen LogP contribution in [0.5, 0.6) is 0 Å². The molecule has 0 atom stereocenters. The molecule has 15 rings (SSSR count). The van der Waals surface area contributed by atoms with E-state index in [9.17, 15) is 0 Å². The summed E-state index contributed by atoms with van der Waals surface area (Å²) in [4.78, 5) is 7.03. The van der Waals surface area contributed by atoms with Crippen LogP contribution in [-0.2, 0) is 11.8 Å². The highest BCUT2D eigenvalue weighted by Gasteiger charge is 2.46. The second-order valence-electron chi connectivity index (χ2n) is 23.2. The zero-order valence-corrected chi connectivity index (χ0v) is 50.4. The Morgan fingerprint density at radius 3 is 0.846 bits per heavy atom. The van der Waals surface area contributed by atoms with Crippen LogP contribution in [0.15, 0.2) is 376 Å². The van der Waals surface area contributed by atoms with Crippen LogP contribution >= 0.6 is 0 Å². The average Bonchev–Trinajstić information content (AvgIpc) is 1.58. The zero-order chi connectivity index (χ0) is 60.8. The molecule has 0 amide bonds. The lowest BCUT2D eigenvalue weighted by molar-refractivity contribution is 0.768. The second kappa shape index (κ2) is 25.1. The summed E-state index contributed by atoms with van der Waals surface area (Å²) >= 11 is 0. The van der Waals surface area contributed by atoms with E-state index >= 15 is 0 Å². The predicted octanol–water partition coefficient (Wildman–Crippen LogP) is 23.6. The van der Waals surface area contributed by atoms with Crippen LogP contribution in [0.25, 0.3) is 45.0 Å². The van der Waals surface area contributed by atoms with Crippen molar-refractivity contribution in [3.63, 3.8) is 0 Å². The van der Waals surface area contributed by atoms with Crippen molar-refractivity contribution >= 4 is 62.8 Å². The molecule has 3 heteroatoms. The molecule has 0 saturated carbocycles. The molecule has 91 heavy (non-hydrogen) atoms. The Hall–Kier alpha value is -11.8. The third-order valence-corrected chi connectivity index (χ3v) is 17.8. The van der Waals surface area contributed by atoms with Gasteiger partial charge in [0.2, 0.25) is 0 Å². The van der Waals surface area contributed by atoms with Crippen molar-refractivity contribution in [3.05, 3.63) is 415 Å². The van der Waals surface area contributed by atoms with E-state index in [1.165, 1.54) is 66.8 Å². The topological polar surface area (TPSA) is 9.72 Å². The Labute approximate surface area is 534 Å². The van der Waals surface area contributed by atoms with Crippen molar-refractivity contribution in [1.82, 2.24) is 0 Å². The number of para-hydroxylation sites is 4. The summed E-state index contributed by atoms with van der Waals surface area (Å²) in [5.74, 6) is 0. The summed E-state index contributed by atoms with van der Waals surface area (Å²) in [5.41, 5.74) is 26.4. The van der Waals surface area contributed by atoms with E-state index in [-0.39, 0.29) is 0 Å². The second-order valence-corrected chi connectivity index (χ2v) is 23.2. The first-order chi connectivity index (χ1) is 45.1. The number of rotatable bonds is 17. The number of allylic oxidation sites excluding steroid dienone is 1. The van der Waals surface area contributed by atoms with Crippen molar-refractivity contribution < 1.29 is 0 Å². The molecule has 0 N–H and O–H groups in total. The minimum Gasteiger partial charge on any atom is -0.311 e. The molecule has 0 radical (unpaired) electrons. The molecule has 0 unspecified atom stereocenters. The van der Waals surface area contributed by atoms with E-state index in [2.05, 4.69) is 397 Å². The van der Waals surface area contributed by atoms with Gasteiger partial charge in [0.25, 0.3) is 0 Å². The number of hydrogen-bond acceptors (Lipinski definition) is 3. The maximum Gasteiger partial charge on any atom is 0.0713 e. The summed E-state index contributed by atoms with van der Waals surface area (Å²) in [6.45, 7) is 0. The van der Waals surface area contributed by atoms with E-state index in [1.807, 2.05) is 0 Å². The van der Waals surface area contributed by atoms with Gasteiger partial charge in [0, 0.05) is 51.2 Å². The molecule has 0 aliphatic heterocycles. The first-order valence-corrected chi connectivity index (χ1v) is 31.3. The van der Waals surface area contributed by atoms with Gasteiger partial charge in [-0.25, -0.2) is 0 Å². The Balaban J connectivity index is 0.743. The molecule has 0 bridgehead atoms. The highest BCUT2D eigenvalue weighted by molar-refractivity contribution is 5.89. The van der Waals surface area contributed by atoms with Gasteiger partial charge in [-0.2, -0.15) is 0 Å². The van der Waals surface area contributed by atoms with Crippen molar-refractivity contribution in [2.24, 2.45) is 0 Å². The average molecular weight is 1160 g/mol. The fourth-order valence-electron chi connectivity index (χ4n) is 13.5. The van der Waals surface area contributed by atoms with Crippen LogP contribution in [0.1, 0.15) is 38.9 Å². The predicted molar refractivity (Wildman–Crippen MR) is 383 cm³/mol. The van der Waals surface area contributed by atoms with Gasteiger partial charge >= 0.3 is 0 Å². The monoisotopic (exact) mass is 1160 g/mol. The molecule has 0 aromatic heterocycles. The van der Waals surface area contributed by atoms with E-state index in [0.29, 0.717) is 0 Å². The Kier molecular flexibility index (Phi) is 15.4. The molecule has 1 aliphatic carbocycles. The summed E-state index contributed by atoms with van der Waals surface area (Å²) in [7, 11) is 0. The van der Waals surface area contributed by atoms with Gasteiger partial charge in [0.1, 0.15) is 0 Å². The van der Waals surface area contributed by atoms with Gasteiger partial charge in [-0.15, -0.1) is 0 Å². The fraction of sp³-hybridized carbons (Fsp3) is 0.0227. The first-order valence-electron chi connectivity index (χ1n) is 31.3. The van der Waals surface area contributed by atoms with Crippen LogP contribution < -0.4 is 14.7 Å². The zero-order valence-electron chi connectivity index (χ0n) is 50.4. The highest BCUT2D eigenvalue weighted by atomic mass is 15.2. The molecule has 14 aromatic rings. The highest BCUT2D eigenvalue weighted by Crippen LogP contribution is 2.57. The van der Waals surface area contributed by atoms with E-state index < -0.39 is 5.41 Å². The Morgan fingerprint density at radius 1 is 0.242 bits per heavy atom. The van der Waals surface area contributed by atoms with Gasteiger partial charge in [-0.05, 0) is 194 Å². The number of fused-ring (bicyclic) bond motifs is 3. The normalized spacial score (nSPS) is 12.2. The van der Waals surface area contributed by atoms with Crippen molar-refractivity contribution in [2.75, 3.05) is 14.7 Å². The van der Waals surface area contributed by atoms with Gasteiger partial charge in [0.15, 0.2) is 0 Å². The molecule has 432 valence electrons. The third kappa shape index (κ3) is 11.1. The Bertz CT molecular complexity index is 4660. The standard InChI is InChI=1S/C88H65N3/c1-7-23-65(24-8-1)63-72(67-25-9-2-10-26-67)64-66-39-41-68(42-40-66)69-43-55-80(56-44-69)90(77-31-15-5-16-32-77)82-59-49-73(50-60-82)88(86-37-21-19-35-84(86)85-36-20-22-38-87(85)88)74-51-61-83(62-52-74)91(78-33-17-6-18-34-78)81-57-47-71(48-58-81)70-45-53-79(54-46-70)89(75-27-11-3-12-28-75)76-29-13-4-14-30-76/h1-62,64H,63H2/b72-64-. The lowest BCUT2D eigenvalue weighted by Gasteiger charge is -2.35. The fourth-order valence-corrected chi connectivity index (χ4v) is 13.5. The SMILES string of the molecule is C(=C(\Cc1ccccc1)c1ccccc1)/c1ccc(-c2ccc(N(c3ccccc3)c3ccc(C4(c5ccc(N(c6ccccc6)c6ccc(-c7ccc(N(c8ccccc8)c8ccccc8)cc7)cc6)cc5)c5ccccc5-c5ccccc54)cc3)cc2)cc1. The van der Waals surface area contributed by atoms with Gasteiger partial charge in [0.05, 0.1) is 5.41 Å². The van der Waals surface area contributed by atoms with Crippen molar-refractivity contribution in [1.29, 1.82) is 0 Å². The molecule has 0 heterocycles. The quantitative estimate of drug-likeness (QED) is 0.0842. The van der Waals surface area contributed by atoms with Crippen molar-refractivity contribution in [3.8, 4) is 33.4 Å². The van der Waals surface area contributed by atoms with E-state index in [0.717, 1.165) is 68.7 Å². The maximum atomic E-state index is 2.37. The number of anilines is 9. The summed E-state index contributed by atoms with van der Waals surface area (Å²) in [5, 5.41) is 0. The van der Waals surface area contributed by atoms with Gasteiger partial charge < -0.3 is 14.7 Å². The molecule has 1 aliphatic rings. The first kappa shape index (κ1) is 55.8. The molecule has 14 aromatic carbocycles. The third-order valence-electron chi connectivity index (χ3n) is 17.8. The molecule has 0 fully saturated rings. The molecular formula is C88H65N3. The minimum absolute atomic E-state index is 0.603.